The number of rotatable bonds is 3. The second kappa shape index (κ2) is 4.85. The van der Waals surface area contributed by atoms with Crippen molar-refractivity contribution >= 4 is 5.97 Å². The van der Waals surface area contributed by atoms with Gasteiger partial charge in [0.2, 0.25) is 0 Å². The highest BCUT2D eigenvalue weighted by atomic mass is 16.5. The van der Waals surface area contributed by atoms with Crippen molar-refractivity contribution in [2.45, 2.75) is 25.2 Å². The topological polar surface area (TPSA) is 58.6 Å². The Morgan fingerprint density at radius 1 is 1.47 bits per heavy atom. The first-order valence-electron chi connectivity index (χ1n) is 6.87. The maximum atomic E-state index is 11.6. The zero-order chi connectivity index (χ0) is 13.3. The molecule has 2 unspecified atom stereocenters. The lowest BCUT2D eigenvalue weighted by Crippen LogP contribution is -2.35. The Hall–Kier alpha value is -1.55. The summed E-state index contributed by atoms with van der Waals surface area (Å²) in [5.41, 5.74) is 0.566. The number of benzene rings is 1. The van der Waals surface area contributed by atoms with Gasteiger partial charge in [0.05, 0.1) is 12.0 Å². The minimum atomic E-state index is -0.665. The van der Waals surface area contributed by atoms with E-state index in [9.17, 15) is 9.90 Å². The van der Waals surface area contributed by atoms with Gasteiger partial charge >= 0.3 is 5.97 Å². The zero-order valence-electron chi connectivity index (χ0n) is 10.9. The number of carboxylic acids is 1. The van der Waals surface area contributed by atoms with Crippen molar-refractivity contribution in [3.05, 3.63) is 29.8 Å². The fraction of sp³-hybridized carbons (Fsp3) is 0.533. The number of aliphatic carboxylic acids is 1. The normalized spacial score (nSPS) is 29.6. The van der Waals surface area contributed by atoms with E-state index in [0.29, 0.717) is 25.5 Å². The van der Waals surface area contributed by atoms with Crippen molar-refractivity contribution in [1.29, 1.82) is 0 Å². The SMILES string of the molecule is O=C(O)C1(CC2CCOc3ccccc32)CCNC1. The second-order valence-corrected chi connectivity index (χ2v) is 5.59. The van der Waals surface area contributed by atoms with Crippen LogP contribution in [0.1, 0.15) is 30.7 Å². The number of para-hydroxylation sites is 1. The van der Waals surface area contributed by atoms with Gasteiger partial charge < -0.3 is 15.2 Å². The van der Waals surface area contributed by atoms with Crippen molar-refractivity contribution < 1.29 is 14.6 Å². The van der Waals surface area contributed by atoms with E-state index < -0.39 is 11.4 Å². The summed E-state index contributed by atoms with van der Waals surface area (Å²) in [6, 6.07) is 8.01. The Morgan fingerprint density at radius 3 is 3.05 bits per heavy atom. The van der Waals surface area contributed by atoms with Gasteiger partial charge in [-0.2, -0.15) is 0 Å². The molecule has 2 aliphatic rings. The smallest absolute Gasteiger partial charge is 0.311 e. The van der Waals surface area contributed by atoms with E-state index in [0.717, 1.165) is 25.1 Å². The number of hydrogen-bond donors (Lipinski definition) is 2. The maximum Gasteiger partial charge on any atom is 0.311 e. The van der Waals surface area contributed by atoms with Crippen molar-refractivity contribution in [2.75, 3.05) is 19.7 Å². The third-order valence-corrected chi connectivity index (χ3v) is 4.42. The predicted octanol–water partition coefficient (Wildman–Crippen LogP) is 2.01. The lowest BCUT2D eigenvalue weighted by Gasteiger charge is -2.32. The minimum absolute atomic E-state index is 0.293. The standard InChI is InChI=1S/C15H19NO3/c17-14(18)15(6-7-16-10-15)9-11-5-8-19-13-4-2-1-3-12(11)13/h1-4,11,16H,5-10H2,(H,17,18). The Balaban J connectivity index is 1.86. The molecule has 1 saturated heterocycles. The number of carbonyl (C=O) groups is 1. The number of fused-ring (bicyclic) bond motifs is 1. The number of ether oxygens (including phenoxy) is 1. The Kier molecular flexibility index (Phi) is 3.19. The molecule has 4 heteroatoms. The molecular formula is C15H19NO3. The molecule has 4 nitrogen and oxygen atoms in total. The molecule has 1 aromatic rings. The quantitative estimate of drug-likeness (QED) is 0.874. The van der Waals surface area contributed by atoms with Gasteiger partial charge in [0.1, 0.15) is 5.75 Å². The van der Waals surface area contributed by atoms with Crippen LogP contribution in [0, 0.1) is 5.41 Å². The molecule has 0 saturated carbocycles. The molecule has 19 heavy (non-hydrogen) atoms. The second-order valence-electron chi connectivity index (χ2n) is 5.59. The van der Waals surface area contributed by atoms with Gasteiger partial charge in [-0.25, -0.2) is 0 Å². The van der Waals surface area contributed by atoms with E-state index in [4.69, 9.17) is 4.74 Å². The van der Waals surface area contributed by atoms with E-state index in [2.05, 4.69) is 11.4 Å². The zero-order valence-corrected chi connectivity index (χ0v) is 10.9. The van der Waals surface area contributed by atoms with E-state index in [1.54, 1.807) is 0 Å². The third-order valence-electron chi connectivity index (χ3n) is 4.42. The molecule has 2 N–H and O–H groups in total. The van der Waals surface area contributed by atoms with Crippen molar-refractivity contribution in [3.63, 3.8) is 0 Å². The summed E-state index contributed by atoms with van der Waals surface area (Å²) < 4.78 is 5.65. The van der Waals surface area contributed by atoms with Gasteiger partial charge in [0.25, 0.3) is 0 Å². The summed E-state index contributed by atoms with van der Waals surface area (Å²) in [4.78, 5) is 11.6. The van der Waals surface area contributed by atoms with Crippen LogP contribution < -0.4 is 10.1 Å². The maximum absolute atomic E-state index is 11.6. The highest BCUT2D eigenvalue weighted by molar-refractivity contribution is 5.75. The first kappa shape index (κ1) is 12.5. The molecule has 2 atom stereocenters. The van der Waals surface area contributed by atoms with Crippen LogP contribution >= 0.6 is 0 Å². The van der Waals surface area contributed by atoms with Crippen LogP contribution in [0.25, 0.3) is 0 Å². The highest BCUT2D eigenvalue weighted by Gasteiger charge is 2.44. The van der Waals surface area contributed by atoms with Crippen LogP contribution in [0.3, 0.4) is 0 Å². The van der Waals surface area contributed by atoms with Crippen molar-refractivity contribution in [1.82, 2.24) is 5.32 Å². The van der Waals surface area contributed by atoms with Gasteiger partial charge in [-0.05, 0) is 43.4 Å². The van der Waals surface area contributed by atoms with E-state index in [1.807, 2.05) is 18.2 Å². The van der Waals surface area contributed by atoms with Crippen LogP contribution in [0.4, 0.5) is 0 Å². The minimum Gasteiger partial charge on any atom is -0.493 e. The molecule has 1 aromatic carbocycles. The van der Waals surface area contributed by atoms with Crippen molar-refractivity contribution in [3.8, 4) is 5.75 Å². The van der Waals surface area contributed by atoms with Crippen LogP contribution in [0.15, 0.2) is 24.3 Å². The van der Waals surface area contributed by atoms with E-state index in [-0.39, 0.29) is 0 Å². The molecule has 1 fully saturated rings. The predicted molar refractivity (Wildman–Crippen MR) is 71.5 cm³/mol. The number of nitrogens with one attached hydrogen (secondary N) is 1. The lowest BCUT2D eigenvalue weighted by atomic mass is 9.74. The summed E-state index contributed by atoms with van der Waals surface area (Å²) in [7, 11) is 0. The molecule has 3 rings (SSSR count). The first-order chi connectivity index (χ1) is 9.21. The molecule has 2 aliphatic heterocycles. The average Bonchev–Trinajstić information content (AvgIpc) is 2.89. The third kappa shape index (κ3) is 2.21. The van der Waals surface area contributed by atoms with Gasteiger partial charge in [-0.3, -0.25) is 4.79 Å². The molecule has 0 aromatic heterocycles. The van der Waals surface area contributed by atoms with E-state index >= 15 is 0 Å². The van der Waals surface area contributed by atoms with Gasteiger partial charge in [-0.1, -0.05) is 18.2 Å². The molecular weight excluding hydrogens is 242 g/mol. The fourth-order valence-electron chi connectivity index (χ4n) is 3.29. The molecule has 0 bridgehead atoms. The first-order valence-corrected chi connectivity index (χ1v) is 6.87. The molecule has 0 spiro atoms. The van der Waals surface area contributed by atoms with Crippen LogP contribution in [-0.4, -0.2) is 30.8 Å². The summed E-state index contributed by atoms with van der Waals surface area (Å²) in [6.45, 7) is 2.07. The van der Waals surface area contributed by atoms with Crippen LogP contribution in [-0.2, 0) is 4.79 Å². The Bertz CT molecular complexity index is 480. The largest absolute Gasteiger partial charge is 0.493 e. The monoisotopic (exact) mass is 261 g/mol. The van der Waals surface area contributed by atoms with Crippen molar-refractivity contribution in [2.24, 2.45) is 5.41 Å². The summed E-state index contributed by atoms with van der Waals surface area (Å²) in [5.74, 6) is 0.549. The van der Waals surface area contributed by atoms with Crippen LogP contribution in [0.2, 0.25) is 0 Å². The Labute approximate surface area is 112 Å². The lowest BCUT2D eigenvalue weighted by molar-refractivity contribution is -0.148. The number of hydrogen-bond acceptors (Lipinski definition) is 3. The number of carboxylic acid groups (broad SMARTS) is 1. The summed E-state index contributed by atoms with van der Waals surface area (Å²) >= 11 is 0. The highest BCUT2D eigenvalue weighted by Crippen LogP contribution is 2.43. The molecule has 102 valence electrons. The van der Waals surface area contributed by atoms with Crippen LogP contribution in [0.5, 0.6) is 5.75 Å². The molecule has 0 amide bonds. The molecule has 0 aliphatic carbocycles. The fourth-order valence-corrected chi connectivity index (χ4v) is 3.29. The summed E-state index contributed by atoms with van der Waals surface area (Å²) in [6.07, 6.45) is 2.34. The Morgan fingerprint density at radius 2 is 2.32 bits per heavy atom. The average molecular weight is 261 g/mol. The van der Waals surface area contributed by atoms with E-state index in [1.165, 1.54) is 5.56 Å². The molecule has 0 radical (unpaired) electrons. The van der Waals surface area contributed by atoms with Gasteiger partial charge in [-0.15, -0.1) is 0 Å². The van der Waals surface area contributed by atoms with Gasteiger partial charge in [0, 0.05) is 6.54 Å². The molecule has 2 heterocycles. The summed E-state index contributed by atoms with van der Waals surface area (Å²) in [5, 5.41) is 12.8. The van der Waals surface area contributed by atoms with Gasteiger partial charge in [0.15, 0.2) is 0 Å².